The van der Waals surface area contributed by atoms with Gasteiger partial charge in [0.05, 0.1) is 18.6 Å². The second-order valence-corrected chi connectivity index (χ2v) is 7.61. The van der Waals surface area contributed by atoms with Crippen LogP contribution >= 0.6 is 23.4 Å². The Kier molecular flexibility index (Phi) is 6.97. The summed E-state index contributed by atoms with van der Waals surface area (Å²) < 4.78 is 11.0. The minimum Gasteiger partial charge on any atom is -0.493 e. The van der Waals surface area contributed by atoms with Crippen LogP contribution in [0.4, 0.5) is 4.79 Å². The van der Waals surface area contributed by atoms with Gasteiger partial charge in [-0.15, -0.1) is 0 Å². The van der Waals surface area contributed by atoms with Gasteiger partial charge in [0.25, 0.3) is 11.1 Å². The fourth-order valence-electron chi connectivity index (χ4n) is 2.75. The van der Waals surface area contributed by atoms with Gasteiger partial charge in [0.1, 0.15) is 6.61 Å². The number of benzene rings is 2. The third-order valence-electron chi connectivity index (χ3n) is 4.20. The van der Waals surface area contributed by atoms with Crippen molar-refractivity contribution in [3.63, 3.8) is 0 Å². The van der Waals surface area contributed by atoms with Gasteiger partial charge in [-0.05, 0) is 48.2 Å². The monoisotopic (exact) mass is 443 g/mol. The molecule has 2 amide bonds. The molecule has 0 N–H and O–H groups in total. The molecule has 8 heteroatoms. The average Bonchev–Trinajstić information content (AvgIpc) is 3.00. The molecule has 1 aliphatic heterocycles. The summed E-state index contributed by atoms with van der Waals surface area (Å²) >= 11 is 6.60. The second kappa shape index (κ2) is 9.65. The molecule has 0 saturated carbocycles. The van der Waals surface area contributed by atoms with Crippen molar-refractivity contribution in [3.05, 3.63) is 76.2 Å². The van der Waals surface area contributed by atoms with Crippen molar-refractivity contribution >= 4 is 46.4 Å². The van der Waals surface area contributed by atoms with Gasteiger partial charge in [0.2, 0.25) is 0 Å². The van der Waals surface area contributed by atoms with Gasteiger partial charge in [0.15, 0.2) is 17.3 Å². The van der Waals surface area contributed by atoms with Gasteiger partial charge < -0.3 is 9.47 Å². The number of ketones is 1. The van der Waals surface area contributed by atoms with Crippen LogP contribution < -0.4 is 9.47 Å². The number of nitrogens with zero attached hydrogens (tertiary/aromatic N) is 1. The third kappa shape index (κ3) is 4.75. The van der Waals surface area contributed by atoms with Crippen molar-refractivity contribution < 1.29 is 23.9 Å². The van der Waals surface area contributed by atoms with E-state index in [1.807, 2.05) is 0 Å². The lowest BCUT2D eigenvalue weighted by molar-refractivity contribution is -0.122. The van der Waals surface area contributed by atoms with Crippen LogP contribution in [0.1, 0.15) is 15.9 Å². The molecule has 0 aromatic heterocycles. The molecule has 6 nitrogen and oxygen atoms in total. The van der Waals surface area contributed by atoms with Crippen LogP contribution in [0.2, 0.25) is 5.02 Å². The number of imide groups is 1. The van der Waals surface area contributed by atoms with E-state index in [0.717, 1.165) is 16.7 Å². The summed E-state index contributed by atoms with van der Waals surface area (Å²) in [4.78, 5) is 38.7. The molecule has 1 aliphatic rings. The van der Waals surface area contributed by atoms with Crippen molar-refractivity contribution in [3.8, 4) is 11.5 Å². The van der Waals surface area contributed by atoms with Crippen LogP contribution in [0.25, 0.3) is 6.08 Å². The topological polar surface area (TPSA) is 72.9 Å². The first kappa shape index (κ1) is 21.7. The van der Waals surface area contributed by atoms with Crippen LogP contribution in [0.5, 0.6) is 11.5 Å². The average molecular weight is 444 g/mol. The predicted molar refractivity (Wildman–Crippen MR) is 117 cm³/mol. The van der Waals surface area contributed by atoms with Gasteiger partial charge in [-0.25, -0.2) is 0 Å². The van der Waals surface area contributed by atoms with Crippen LogP contribution in [0.3, 0.4) is 0 Å². The SMILES string of the molecule is C=CCOc1c(/C=C2\SC(=O)N(CC(=O)c3ccc(Cl)cc3)C2=O)cccc1OC. The number of amides is 2. The van der Waals surface area contributed by atoms with Crippen molar-refractivity contribution in [1.82, 2.24) is 4.90 Å². The molecule has 1 heterocycles. The molecular weight excluding hydrogens is 426 g/mol. The molecule has 0 aliphatic carbocycles. The third-order valence-corrected chi connectivity index (χ3v) is 5.36. The maximum Gasteiger partial charge on any atom is 0.293 e. The summed E-state index contributed by atoms with van der Waals surface area (Å²) in [6, 6.07) is 11.5. The Balaban J connectivity index is 1.84. The number of Topliss-reactive ketones (excluding diaryl/α,β-unsaturated/α-hetero) is 1. The van der Waals surface area contributed by atoms with Gasteiger partial charge in [0, 0.05) is 16.1 Å². The lowest BCUT2D eigenvalue weighted by atomic mass is 10.1. The Morgan fingerprint density at radius 2 is 1.93 bits per heavy atom. The molecule has 2 aromatic carbocycles. The number of para-hydroxylation sites is 1. The molecule has 154 valence electrons. The first-order valence-electron chi connectivity index (χ1n) is 8.89. The van der Waals surface area contributed by atoms with E-state index in [4.69, 9.17) is 21.1 Å². The Hall–Kier alpha value is -3.03. The first-order valence-corrected chi connectivity index (χ1v) is 10.1. The first-order chi connectivity index (χ1) is 14.4. The summed E-state index contributed by atoms with van der Waals surface area (Å²) in [6.45, 7) is 3.53. The maximum absolute atomic E-state index is 12.8. The van der Waals surface area contributed by atoms with Crippen LogP contribution in [0.15, 0.2) is 60.0 Å². The minimum absolute atomic E-state index is 0.195. The second-order valence-electron chi connectivity index (χ2n) is 6.18. The molecule has 0 radical (unpaired) electrons. The van der Waals surface area contributed by atoms with E-state index in [1.54, 1.807) is 54.6 Å². The Labute approximate surface area is 183 Å². The maximum atomic E-state index is 12.8. The van der Waals surface area contributed by atoms with Gasteiger partial charge in [-0.2, -0.15) is 0 Å². The molecule has 3 rings (SSSR count). The normalized spacial score (nSPS) is 14.9. The number of hydrogen-bond donors (Lipinski definition) is 0. The van der Waals surface area contributed by atoms with Gasteiger partial charge in [-0.3, -0.25) is 19.3 Å². The van der Waals surface area contributed by atoms with E-state index < -0.39 is 11.1 Å². The smallest absolute Gasteiger partial charge is 0.293 e. The van der Waals surface area contributed by atoms with E-state index in [-0.39, 0.29) is 23.8 Å². The van der Waals surface area contributed by atoms with Crippen LogP contribution in [0, 0.1) is 0 Å². The van der Waals surface area contributed by atoms with Crippen molar-refractivity contribution in [2.24, 2.45) is 0 Å². The zero-order valence-corrected chi connectivity index (χ0v) is 17.7. The molecule has 0 bridgehead atoms. The summed E-state index contributed by atoms with van der Waals surface area (Å²) in [5.74, 6) is 0.0306. The lowest BCUT2D eigenvalue weighted by Crippen LogP contribution is -2.33. The molecule has 0 unspecified atom stereocenters. The highest BCUT2D eigenvalue weighted by molar-refractivity contribution is 8.18. The zero-order chi connectivity index (χ0) is 21.7. The highest BCUT2D eigenvalue weighted by atomic mass is 35.5. The molecular formula is C22H18ClNO5S. The van der Waals surface area contributed by atoms with E-state index in [9.17, 15) is 14.4 Å². The Morgan fingerprint density at radius 1 is 1.20 bits per heavy atom. The lowest BCUT2D eigenvalue weighted by Gasteiger charge is -2.13. The largest absolute Gasteiger partial charge is 0.493 e. The molecule has 1 fully saturated rings. The number of hydrogen-bond acceptors (Lipinski definition) is 6. The number of carbonyl (C=O) groups excluding carboxylic acids is 3. The summed E-state index contributed by atoms with van der Waals surface area (Å²) in [7, 11) is 1.51. The van der Waals surface area contributed by atoms with Gasteiger partial charge >= 0.3 is 0 Å². The van der Waals surface area contributed by atoms with Crippen molar-refractivity contribution in [2.45, 2.75) is 0 Å². The number of rotatable bonds is 8. The summed E-state index contributed by atoms with van der Waals surface area (Å²) in [5.41, 5.74) is 0.945. The molecule has 0 atom stereocenters. The number of methoxy groups -OCH3 is 1. The Morgan fingerprint density at radius 3 is 2.60 bits per heavy atom. The fourth-order valence-corrected chi connectivity index (χ4v) is 3.71. The molecule has 1 saturated heterocycles. The molecule has 30 heavy (non-hydrogen) atoms. The highest BCUT2D eigenvalue weighted by Gasteiger charge is 2.36. The zero-order valence-electron chi connectivity index (χ0n) is 16.1. The summed E-state index contributed by atoms with van der Waals surface area (Å²) in [6.07, 6.45) is 3.14. The van der Waals surface area contributed by atoms with E-state index >= 15 is 0 Å². The Bertz CT molecular complexity index is 1030. The quantitative estimate of drug-likeness (QED) is 0.330. The number of carbonyl (C=O) groups is 3. The highest BCUT2D eigenvalue weighted by Crippen LogP contribution is 2.37. The van der Waals surface area contributed by atoms with Crippen molar-refractivity contribution in [2.75, 3.05) is 20.3 Å². The van der Waals surface area contributed by atoms with E-state index in [2.05, 4.69) is 6.58 Å². The van der Waals surface area contributed by atoms with Crippen molar-refractivity contribution in [1.29, 1.82) is 0 Å². The minimum atomic E-state index is -0.537. The fraction of sp³-hybridized carbons (Fsp3) is 0.136. The van der Waals surface area contributed by atoms with E-state index in [0.29, 0.717) is 27.6 Å². The molecule has 0 spiro atoms. The van der Waals surface area contributed by atoms with E-state index in [1.165, 1.54) is 7.11 Å². The number of ether oxygens (including phenoxy) is 2. The predicted octanol–water partition coefficient (Wildman–Crippen LogP) is 4.83. The number of halogens is 1. The standard InChI is InChI=1S/C22H18ClNO5S/c1-3-11-29-20-15(5-4-6-18(20)28-2)12-19-21(26)24(22(27)30-19)13-17(25)14-7-9-16(23)10-8-14/h3-10,12H,1,11,13H2,2H3/b19-12-. The van der Waals surface area contributed by atoms with Crippen LogP contribution in [-0.4, -0.2) is 42.1 Å². The summed E-state index contributed by atoms with van der Waals surface area (Å²) in [5, 5.41) is -0.0153. The van der Waals surface area contributed by atoms with Gasteiger partial charge in [-0.1, -0.05) is 36.4 Å². The van der Waals surface area contributed by atoms with Crippen LogP contribution in [-0.2, 0) is 4.79 Å². The molecule has 2 aromatic rings. The number of thioether (sulfide) groups is 1.